The summed E-state index contributed by atoms with van der Waals surface area (Å²) in [6.07, 6.45) is 6.82. The van der Waals surface area contributed by atoms with Gasteiger partial charge in [0.25, 0.3) is 0 Å². The number of nitrogens with one attached hydrogen (secondary N) is 1. The van der Waals surface area contributed by atoms with E-state index in [1.165, 1.54) is 0 Å². The summed E-state index contributed by atoms with van der Waals surface area (Å²) in [6.45, 7) is 0.0622. The first-order valence-corrected chi connectivity index (χ1v) is 8.91. The molecule has 0 unspecified atom stereocenters. The van der Waals surface area contributed by atoms with Gasteiger partial charge in [-0.15, -0.1) is 0 Å². The predicted molar refractivity (Wildman–Crippen MR) is 107 cm³/mol. The fourth-order valence-corrected chi connectivity index (χ4v) is 2.92. The number of methoxy groups -OCH3 is 1. The largest absolute Gasteiger partial charge is 0.481 e. The number of ether oxygens (including phenoxy) is 1. The van der Waals surface area contributed by atoms with Crippen molar-refractivity contribution in [1.82, 2.24) is 29.5 Å². The first-order chi connectivity index (χ1) is 14.1. The topological polar surface area (TPSA) is 99.8 Å². The third-order valence-corrected chi connectivity index (χ3v) is 4.29. The van der Waals surface area contributed by atoms with Gasteiger partial charge in [-0.05, 0) is 24.3 Å². The summed E-state index contributed by atoms with van der Waals surface area (Å²) in [6, 6.07) is 11.1. The average Bonchev–Trinajstić information content (AvgIpc) is 3.35. The first kappa shape index (κ1) is 18.4. The SMILES string of the molecule is COc1ncccc1-c1cnn(CC(=O)Nc2cc(-c3ccccn3)nn2C)c1. The van der Waals surface area contributed by atoms with Crippen LogP contribution >= 0.6 is 0 Å². The van der Waals surface area contributed by atoms with Crippen molar-refractivity contribution in [3.63, 3.8) is 0 Å². The molecular weight excluding hydrogens is 370 g/mol. The highest BCUT2D eigenvalue weighted by Crippen LogP contribution is 2.26. The Hall–Kier alpha value is -4.01. The summed E-state index contributed by atoms with van der Waals surface area (Å²) >= 11 is 0. The van der Waals surface area contributed by atoms with Gasteiger partial charge in [-0.3, -0.25) is 19.1 Å². The van der Waals surface area contributed by atoms with Crippen molar-refractivity contribution in [2.24, 2.45) is 7.05 Å². The van der Waals surface area contributed by atoms with Crippen LogP contribution in [0.15, 0.2) is 61.2 Å². The average molecular weight is 389 g/mol. The summed E-state index contributed by atoms with van der Waals surface area (Å²) in [5.74, 6) is 0.874. The Kier molecular flexibility index (Phi) is 5.02. The van der Waals surface area contributed by atoms with Gasteiger partial charge >= 0.3 is 0 Å². The van der Waals surface area contributed by atoms with Crippen molar-refractivity contribution in [2.75, 3.05) is 12.4 Å². The molecule has 0 fully saturated rings. The Bertz CT molecular complexity index is 1130. The van der Waals surface area contributed by atoms with E-state index in [-0.39, 0.29) is 12.5 Å². The van der Waals surface area contributed by atoms with Crippen molar-refractivity contribution in [3.05, 3.63) is 61.2 Å². The number of carbonyl (C=O) groups is 1. The summed E-state index contributed by atoms with van der Waals surface area (Å²) in [4.78, 5) is 20.9. The van der Waals surface area contributed by atoms with Crippen LogP contribution in [0.4, 0.5) is 5.82 Å². The number of aryl methyl sites for hydroxylation is 1. The molecule has 0 saturated carbocycles. The third-order valence-electron chi connectivity index (χ3n) is 4.29. The highest BCUT2D eigenvalue weighted by atomic mass is 16.5. The van der Waals surface area contributed by atoms with Crippen LogP contribution < -0.4 is 10.1 Å². The zero-order valence-corrected chi connectivity index (χ0v) is 16.0. The molecule has 0 aliphatic heterocycles. The van der Waals surface area contributed by atoms with Crippen LogP contribution in [-0.4, -0.2) is 42.5 Å². The van der Waals surface area contributed by atoms with E-state index in [4.69, 9.17) is 4.74 Å². The number of hydrogen-bond acceptors (Lipinski definition) is 6. The third kappa shape index (κ3) is 3.98. The molecule has 1 N–H and O–H groups in total. The molecule has 0 aromatic carbocycles. The van der Waals surface area contributed by atoms with Crippen LogP contribution in [0.2, 0.25) is 0 Å². The molecule has 9 heteroatoms. The molecule has 4 heterocycles. The number of pyridine rings is 2. The fourth-order valence-electron chi connectivity index (χ4n) is 2.92. The molecule has 4 rings (SSSR count). The molecule has 4 aromatic rings. The molecule has 29 heavy (non-hydrogen) atoms. The molecule has 0 saturated heterocycles. The molecule has 9 nitrogen and oxygen atoms in total. The van der Waals surface area contributed by atoms with Gasteiger partial charge < -0.3 is 10.1 Å². The molecule has 0 spiro atoms. The van der Waals surface area contributed by atoms with Gasteiger partial charge in [0.2, 0.25) is 11.8 Å². The molecule has 0 radical (unpaired) electrons. The van der Waals surface area contributed by atoms with E-state index in [0.29, 0.717) is 17.4 Å². The second kappa shape index (κ2) is 7.93. The Morgan fingerprint density at radius 3 is 2.79 bits per heavy atom. The van der Waals surface area contributed by atoms with Crippen LogP contribution in [-0.2, 0) is 18.4 Å². The zero-order chi connectivity index (χ0) is 20.2. The number of anilines is 1. The first-order valence-electron chi connectivity index (χ1n) is 8.91. The van der Waals surface area contributed by atoms with Crippen molar-refractivity contribution in [2.45, 2.75) is 6.54 Å². The quantitative estimate of drug-likeness (QED) is 0.544. The van der Waals surface area contributed by atoms with E-state index in [1.54, 1.807) is 54.4 Å². The highest BCUT2D eigenvalue weighted by Gasteiger charge is 2.13. The summed E-state index contributed by atoms with van der Waals surface area (Å²) in [7, 11) is 3.33. The molecule has 1 amide bonds. The number of aromatic nitrogens is 6. The Morgan fingerprint density at radius 2 is 2.00 bits per heavy atom. The lowest BCUT2D eigenvalue weighted by atomic mass is 10.1. The van der Waals surface area contributed by atoms with E-state index in [2.05, 4.69) is 25.5 Å². The number of amides is 1. The summed E-state index contributed by atoms with van der Waals surface area (Å²) < 4.78 is 8.45. The van der Waals surface area contributed by atoms with Crippen molar-refractivity contribution >= 4 is 11.7 Å². The van der Waals surface area contributed by atoms with Crippen molar-refractivity contribution in [3.8, 4) is 28.4 Å². The molecule has 0 bridgehead atoms. The van der Waals surface area contributed by atoms with Gasteiger partial charge in [-0.25, -0.2) is 4.98 Å². The molecule has 4 aromatic heterocycles. The van der Waals surface area contributed by atoms with E-state index in [0.717, 1.165) is 16.8 Å². The number of nitrogens with zero attached hydrogens (tertiary/aromatic N) is 6. The lowest BCUT2D eigenvalue weighted by molar-refractivity contribution is -0.116. The highest BCUT2D eigenvalue weighted by molar-refractivity contribution is 5.90. The Labute approximate surface area is 167 Å². The minimum absolute atomic E-state index is 0.0622. The standard InChI is InChI=1S/C20H19N7O2/c1-26-18(10-17(25-26)16-7-3-4-8-21-16)24-19(28)13-27-12-14(11-23-27)15-6-5-9-22-20(15)29-2/h3-12H,13H2,1-2H3,(H,24,28). The van der Waals surface area contributed by atoms with Crippen LogP contribution in [0.5, 0.6) is 5.88 Å². The maximum absolute atomic E-state index is 12.5. The summed E-state index contributed by atoms with van der Waals surface area (Å²) in [5.41, 5.74) is 3.06. The van der Waals surface area contributed by atoms with Crippen molar-refractivity contribution in [1.29, 1.82) is 0 Å². The van der Waals surface area contributed by atoms with Crippen LogP contribution in [0, 0.1) is 0 Å². The number of rotatable bonds is 6. The smallest absolute Gasteiger partial charge is 0.247 e. The Balaban J connectivity index is 1.46. The monoisotopic (exact) mass is 389 g/mol. The van der Waals surface area contributed by atoms with Crippen LogP contribution in [0.25, 0.3) is 22.5 Å². The van der Waals surface area contributed by atoms with Gasteiger partial charge in [0.05, 0.1) is 19.0 Å². The van der Waals surface area contributed by atoms with Gasteiger partial charge in [-0.2, -0.15) is 10.2 Å². The lowest BCUT2D eigenvalue weighted by Gasteiger charge is -2.05. The van der Waals surface area contributed by atoms with Gasteiger partial charge in [0, 0.05) is 42.8 Å². The molecular formula is C20H19N7O2. The van der Waals surface area contributed by atoms with Gasteiger partial charge in [0.15, 0.2) is 0 Å². The van der Waals surface area contributed by atoms with Gasteiger partial charge in [-0.1, -0.05) is 6.07 Å². The minimum atomic E-state index is -0.214. The minimum Gasteiger partial charge on any atom is -0.481 e. The van der Waals surface area contributed by atoms with E-state index in [9.17, 15) is 4.79 Å². The number of hydrogen-bond donors (Lipinski definition) is 1. The van der Waals surface area contributed by atoms with Crippen molar-refractivity contribution < 1.29 is 9.53 Å². The Morgan fingerprint density at radius 1 is 1.14 bits per heavy atom. The maximum Gasteiger partial charge on any atom is 0.247 e. The maximum atomic E-state index is 12.5. The number of carbonyl (C=O) groups excluding carboxylic acids is 1. The predicted octanol–water partition coefficient (Wildman–Crippen LogP) is 2.39. The normalized spacial score (nSPS) is 10.7. The summed E-state index contributed by atoms with van der Waals surface area (Å²) in [5, 5.41) is 11.5. The zero-order valence-electron chi connectivity index (χ0n) is 16.0. The second-order valence-corrected chi connectivity index (χ2v) is 6.29. The molecule has 0 aliphatic rings. The molecule has 0 aliphatic carbocycles. The fraction of sp³-hybridized carbons (Fsp3) is 0.150. The van der Waals surface area contributed by atoms with Gasteiger partial charge in [0.1, 0.15) is 18.1 Å². The molecule has 0 atom stereocenters. The van der Waals surface area contributed by atoms with Crippen LogP contribution in [0.1, 0.15) is 0 Å². The second-order valence-electron chi connectivity index (χ2n) is 6.29. The van der Waals surface area contributed by atoms with E-state index in [1.807, 2.05) is 30.3 Å². The molecule has 146 valence electrons. The lowest BCUT2D eigenvalue weighted by Crippen LogP contribution is -2.20. The van der Waals surface area contributed by atoms with Crippen LogP contribution in [0.3, 0.4) is 0 Å². The van der Waals surface area contributed by atoms with E-state index >= 15 is 0 Å². The van der Waals surface area contributed by atoms with E-state index < -0.39 is 0 Å².